The lowest BCUT2D eigenvalue weighted by atomic mass is 9.82. The van der Waals surface area contributed by atoms with E-state index in [0.717, 1.165) is 34.0 Å². The molecule has 0 fully saturated rings. The molecule has 0 radical (unpaired) electrons. The Bertz CT molecular complexity index is 1010. The van der Waals surface area contributed by atoms with Crippen molar-refractivity contribution in [3.8, 4) is 22.9 Å². The molecule has 1 atom stereocenters. The fourth-order valence-corrected chi connectivity index (χ4v) is 4.37. The first kappa shape index (κ1) is 14.5. The summed E-state index contributed by atoms with van der Waals surface area (Å²) >= 11 is 1.57. The summed E-state index contributed by atoms with van der Waals surface area (Å²) in [7, 11) is 0. The summed E-state index contributed by atoms with van der Waals surface area (Å²) in [5, 5.41) is 0.596. The van der Waals surface area contributed by atoms with E-state index in [1.54, 1.807) is 24.2 Å². The number of pyridine rings is 2. The van der Waals surface area contributed by atoms with Gasteiger partial charge in [0.1, 0.15) is 17.0 Å². The Hall–Kier alpha value is -2.86. The highest BCUT2D eigenvalue weighted by atomic mass is 32.2. The zero-order valence-corrected chi connectivity index (χ0v) is 14.0. The van der Waals surface area contributed by atoms with Gasteiger partial charge in [-0.1, -0.05) is 36.0 Å². The molecule has 0 amide bonds. The fourth-order valence-electron chi connectivity index (χ4n) is 3.42. The molecule has 5 nitrogen and oxygen atoms in total. The highest BCUT2D eigenvalue weighted by Gasteiger charge is 2.46. The normalized spacial score (nSPS) is 20.6. The zero-order valence-electron chi connectivity index (χ0n) is 13.2. The molecule has 0 bridgehead atoms. The van der Waals surface area contributed by atoms with Gasteiger partial charge in [-0.3, -0.25) is 9.97 Å². The molecular weight excluding hydrogens is 332 g/mol. The topological polar surface area (TPSA) is 73.4 Å². The molecule has 2 aliphatic heterocycles. The van der Waals surface area contributed by atoms with E-state index in [-0.39, 0.29) is 0 Å². The van der Waals surface area contributed by atoms with Gasteiger partial charge in [0.2, 0.25) is 0 Å². The zero-order chi connectivity index (χ0) is 16.9. The number of amidine groups is 1. The molecular formula is C19H14N4OS. The smallest absolute Gasteiger partial charge is 0.161 e. The molecule has 0 aliphatic carbocycles. The van der Waals surface area contributed by atoms with Crippen molar-refractivity contribution in [2.75, 3.05) is 5.75 Å². The van der Waals surface area contributed by atoms with Gasteiger partial charge in [-0.2, -0.15) is 0 Å². The summed E-state index contributed by atoms with van der Waals surface area (Å²) < 4.78 is 6.26. The number of nitrogens with zero attached hydrogens (tertiary/aromatic N) is 3. The van der Waals surface area contributed by atoms with Crippen molar-refractivity contribution in [3.05, 3.63) is 72.1 Å². The minimum atomic E-state index is -0.536. The van der Waals surface area contributed by atoms with E-state index in [0.29, 0.717) is 10.9 Å². The number of fused-ring (bicyclic) bond motifs is 4. The molecule has 2 N–H and O–H groups in total. The molecule has 1 unspecified atom stereocenters. The highest BCUT2D eigenvalue weighted by molar-refractivity contribution is 8.14. The third kappa shape index (κ3) is 2.07. The van der Waals surface area contributed by atoms with Gasteiger partial charge in [-0.15, -0.1) is 0 Å². The quantitative estimate of drug-likeness (QED) is 0.729. The maximum atomic E-state index is 6.26. The number of para-hydroxylation sites is 1. The molecule has 25 heavy (non-hydrogen) atoms. The van der Waals surface area contributed by atoms with Crippen LogP contribution in [0.2, 0.25) is 0 Å². The van der Waals surface area contributed by atoms with Crippen LogP contribution >= 0.6 is 11.8 Å². The van der Waals surface area contributed by atoms with Crippen LogP contribution in [-0.4, -0.2) is 20.9 Å². The van der Waals surface area contributed by atoms with Crippen molar-refractivity contribution in [2.45, 2.75) is 5.54 Å². The average molecular weight is 346 g/mol. The lowest BCUT2D eigenvalue weighted by molar-refractivity contribution is 0.415. The molecule has 2 aliphatic rings. The van der Waals surface area contributed by atoms with E-state index in [1.165, 1.54) is 0 Å². The summed E-state index contributed by atoms with van der Waals surface area (Å²) in [6.45, 7) is 0. The molecule has 1 spiro atoms. The van der Waals surface area contributed by atoms with Crippen LogP contribution in [0, 0.1) is 0 Å². The molecule has 6 heteroatoms. The van der Waals surface area contributed by atoms with Gasteiger partial charge in [-0.25, -0.2) is 4.99 Å². The molecule has 0 saturated heterocycles. The second-order valence-corrected chi connectivity index (χ2v) is 6.94. The summed E-state index contributed by atoms with van der Waals surface area (Å²) in [4.78, 5) is 13.8. The molecule has 122 valence electrons. The molecule has 5 rings (SSSR count). The summed E-state index contributed by atoms with van der Waals surface area (Å²) in [6.07, 6.45) is 3.54. The first-order valence-corrected chi connectivity index (χ1v) is 8.93. The van der Waals surface area contributed by atoms with Crippen LogP contribution < -0.4 is 10.5 Å². The van der Waals surface area contributed by atoms with Crippen molar-refractivity contribution in [1.29, 1.82) is 0 Å². The Morgan fingerprint density at radius 2 is 1.84 bits per heavy atom. The predicted octanol–water partition coefficient (Wildman–Crippen LogP) is 3.55. The highest BCUT2D eigenvalue weighted by Crippen LogP contribution is 2.54. The standard InChI is InChI=1S/C19H14N4OS/c20-18-23-19(11-25-18)12-5-1-2-7-15(12)24-17-13(19)8-10-22-16(17)14-6-3-4-9-21-14/h1-10H,11H2,(H2,20,23). The first-order valence-electron chi connectivity index (χ1n) is 7.94. The summed E-state index contributed by atoms with van der Waals surface area (Å²) in [6, 6.07) is 15.7. The lowest BCUT2D eigenvalue weighted by Crippen LogP contribution is -2.30. The van der Waals surface area contributed by atoms with Gasteiger partial charge in [0.15, 0.2) is 10.9 Å². The number of rotatable bonds is 1. The van der Waals surface area contributed by atoms with Crippen LogP contribution in [0.5, 0.6) is 11.5 Å². The largest absolute Gasteiger partial charge is 0.454 e. The number of hydrogen-bond acceptors (Lipinski definition) is 6. The van der Waals surface area contributed by atoms with Crippen molar-refractivity contribution in [1.82, 2.24) is 9.97 Å². The van der Waals surface area contributed by atoms with E-state index >= 15 is 0 Å². The van der Waals surface area contributed by atoms with E-state index in [1.807, 2.05) is 42.5 Å². The second-order valence-electron chi connectivity index (χ2n) is 5.95. The van der Waals surface area contributed by atoms with Gasteiger partial charge in [0.05, 0.1) is 5.69 Å². The Balaban J connectivity index is 1.81. The number of nitrogens with two attached hydrogens (primary N) is 1. The minimum absolute atomic E-state index is 0.536. The lowest BCUT2D eigenvalue weighted by Gasteiger charge is -2.34. The van der Waals surface area contributed by atoms with Crippen LogP contribution in [-0.2, 0) is 5.54 Å². The Morgan fingerprint density at radius 1 is 0.960 bits per heavy atom. The van der Waals surface area contributed by atoms with E-state index in [9.17, 15) is 0 Å². The van der Waals surface area contributed by atoms with Crippen LogP contribution in [0.15, 0.2) is 65.9 Å². The average Bonchev–Trinajstić information content (AvgIpc) is 3.05. The maximum Gasteiger partial charge on any atom is 0.161 e. The third-order valence-corrected chi connectivity index (χ3v) is 5.48. The van der Waals surface area contributed by atoms with Gasteiger partial charge >= 0.3 is 0 Å². The maximum absolute atomic E-state index is 6.26. The SMILES string of the molecule is NC1=NC2(CS1)c1ccccc1Oc1c2ccnc1-c1ccccn1. The van der Waals surface area contributed by atoms with Crippen LogP contribution in [0.1, 0.15) is 11.1 Å². The van der Waals surface area contributed by atoms with E-state index in [2.05, 4.69) is 16.0 Å². The minimum Gasteiger partial charge on any atom is -0.454 e. The van der Waals surface area contributed by atoms with Crippen LogP contribution in [0.3, 0.4) is 0 Å². The molecule has 2 aromatic heterocycles. The first-order chi connectivity index (χ1) is 12.3. The number of thioether (sulfide) groups is 1. The Morgan fingerprint density at radius 3 is 2.64 bits per heavy atom. The second kappa shape index (κ2) is 5.32. The van der Waals surface area contributed by atoms with Crippen molar-refractivity contribution in [3.63, 3.8) is 0 Å². The predicted molar refractivity (Wildman–Crippen MR) is 98.8 cm³/mol. The number of benzene rings is 1. The van der Waals surface area contributed by atoms with Gasteiger partial charge in [-0.05, 0) is 24.3 Å². The molecule has 0 saturated carbocycles. The summed E-state index contributed by atoms with van der Waals surface area (Å²) in [5.41, 5.74) is 9.02. The van der Waals surface area contributed by atoms with Gasteiger partial charge in [0, 0.05) is 29.3 Å². The van der Waals surface area contributed by atoms with Crippen molar-refractivity contribution >= 4 is 16.9 Å². The van der Waals surface area contributed by atoms with Crippen molar-refractivity contribution < 1.29 is 4.74 Å². The summed E-state index contributed by atoms with van der Waals surface area (Å²) in [5.74, 6) is 2.25. The monoisotopic (exact) mass is 346 g/mol. The van der Waals surface area contributed by atoms with Crippen LogP contribution in [0.25, 0.3) is 11.4 Å². The van der Waals surface area contributed by atoms with Crippen molar-refractivity contribution in [2.24, 2.45) is 10.7 Å². The van der Waals surface area contributed by atoms with E-state index < -0.39 is 5.54 Å². The number of hydrogen-bond donors (Lipinski definition) is 1. The van der Waals surface area contributed by atoms with Gasteiger partial charge < -0.3 is 10.5 Å². The molecule has 3 aromatic rings. The Kier molecular flexibility index (Phi) is 3.08. The number of aliphatic imine (C=N–C) groups is 1. The molecule has 1 aromatic carbocycles. The van der Waals surface area contributed by atoms with Crippen LogP contribution in [0.4, 0.5) is 0 Å². The molecule has 4 heterocycles. The van der Waals surface area contributed by atoms with Gasteiger partial charge in [0.25, 0.3) is 0 Å². The number of aromatic nitrogens is 2. The van der Waals surface area contributed by atoms with E-state index in [4.69, 9.17) is 15.5 Å². The fraction of sp³-hybridized carbons (Fsp3) is 0.105. The third-order valence-electron chi connectivity index (χ3n) is 4.53. The Labute approximate surface area is 149 Å². The number of ether oxygens (including phenoxy) is 1.